The van der Waals surface area contributed by atoms with Gasteiger partial charge in [-0.15, -0.1) is 0 Å². The van der Waals surface area contributed by atoms with Crippen LogP contribution in [0.5, 0.6) is 0 Å². The van der Waals surface area contributed by atoms with Crippen LogP contribution in [-0.2, 0) is 11.8 Å². The number of hydrogen-bond donors (Lipinski definition) is 1. The number of hydrogen-bond acceptors (Lipinski definition) is 5. The van der Waals surface area contributed by atoms with Crippen LogP contribution in [-0.4, -0.2) is 33.9 Å². The minimum atomic E-state index is -0.0938. The van der Waals surface area contributed by atoms with Crippen LogP contribution in [0.15, 0.2) is 18.5 Å². The highest BCUT2D eigenvalue weighted by Gasteiger charge is 2.15. The molecule has 2 aromatic heterocycles. The maximum absolute atomic E-state index is 5.41. The van der Waals surface area contributed by atoms with Crippen molar-refractivity contribution in [2.45, 2.75) is 19.4 Å². The summed E-state index contributed by atoms with van der Waals surface area (Å²) in [5.74, 6) is 1.47. The van der Waals surface area contributed by atoms with E-state index in [0.717, 1.165) is 23.5 Å². The lowest BCUT2D eigenvalue weighted by Gasteiger charge is -2.13. The molecule has 0 aliphatic heterocycles. The molecule has 102 valence electrons. The van der Waals surface area contributed by atoms with Crippen molar-refractivity contribution in [1.29, 1.82) is 0 Å². The van der Waals surface area contributed by atoms with E-state index in [4.69, 9.17) is 4.74 Å². The number of nitrogens with zero attached hydrogens (tertiary/aromatic N) is 4. The Morgan fingerprint density at radius 3 is 2.74 bits per heavy atom. The van der Waals surface area contributed by atoms with E-state index in [2.05, 4.69) is 20.4 Å². The van der Waals surface area contributed by atoms with Crippen LogP contribution in [0.3, 0.4) is 0 Å². The van der Waals surface area contributed by atoms with Gasteiger partial charge in [-0.1, -0.05) is 6.92 Å². The van der Waals surface area contributed by atoms with E-state index >= 15 is 0 Å². The van der Waals surface area contributed by atoms with Crippen molar-refractivity contribution in [3.63, 3.8) is 0 Å². The average Bonchev–Trinajstić information content (AvgIpc) is 2.86. The first-order chi connectivity index (χ1) is 9.17. The lowest BCUT2D eigenvalue weighted by Crippen LogP contribution is -2.08. The Balaban J connectivity index is 2.46. The number of aromatic nitrogens is 4. The van der Waals surface area contributed by atoms with E-state index in [1.807, 2.05) is 33.3 Å². The highest BCUT2D eigenvalue weighted by molar-refractivity contribution is 5.60. The van der Waals surface area contributed by atoms with Gasteiger partial charge in [-0.25, -0.2) is 9.97 Å². The van der Waals surface area contributed by atoms with Crippen LogP contribution >= 0.6 is 0 Å². The molecule has 0 saturated carbocycles. The van der Waals surface area contributed by atoms with Crippen LogP contribution in [0.1, 0.15) is 25.3 Å². The topological polar surface area (TPSA) is 64.9 Å². The second-order valence-electron chi connectivity index (χ2n) is 4.28. The second kappa shape index (κ2) is 5.79. The van der Waals surface area contributed by atoms with Gasteiger partial charge in [-0.05, 0) is 6.42 Å². The van der Waals surface area contributed by atoms with E-state index < -0.39 is 0 Å². The fourth-order valence-electron chi connectivity index (χ4n) is 1.89. The van der Waals surface area contributed by atoms with Gasteiger partial charge < -0.3 is 10.1 Å². The maximum atomic E-state index is 5.41. The number of anilines is 1. The molecule has 0 aromatic carbocycles. The van der Waals surface area contributed by atoms with Gasteiger partial charge in [-0.2, -0.15) is 5.10 Å². The standard InChI is InChI=1S/C13H19N5O/c1-5-11(19-4)13-16-10(6-12(14-2)17-13)9-7-15-18(3)8-9/h6-8,11H,5H2,1-4H3,(H,14,16,17). The molecular formula is C13H19N5O. The van der Waals surface area contributed by atoms with Gasteiger partial charge in [0.15, 0.2) is 5.82 Å². The smallest absolute Gasteiger partial charge is 0.160 e. The summed E-state index contributed by atoms with van der Waals surface area (Å²) in [6.45, 7) is 2.05. The number of rotatable bonds is 5. The summed E-state index contributed by atoms with van der Waals surface area (Å²) in [6, 6.07) is 1.91. The Morgan fingerprint density at radius 1 is 1.42 bits per heavy atom. The van der Waals surface area contributed by atoms with Gasteiger partial charge in [0.2, 0.25) is 0 Å². The van der Waals surface area contributed by atoms with Crippen LogP contribution in [0.25, 0.3) is 11.3 Å². The van der Waals surface area contributed by atoms with Gasteiger partial charge in [0.05, 0.1) is 11.9 Å². The summed E-state index contributed by atoms with van der Waals surface area (Å²) in [5.41, 5.74) is 1.81. The van der Waals surface area contributed by atoms with Crippen molar-refractivity contribution < 1.29 is 4.74 Å². The summed E-state index contributed by atoms with van der Waals surface area (Å²) in [7, 11) is 5.40. The quantitative estimate of drug-likeness (QED) is 0.892. The molecule has 2 rings (SSSR count). The lowest BCUT2D eigenvalue weighted by atomic mass is 10.2. The number of aryl methyl sites for hydroxylation is 1. The highest BCUT2D eigenvalue weighted by atomic mass is 16.5. The number of nitrogens with one attached hydrogen (secondary N) is 1. The van der Waals surface area contributed by atoms with Crippen molar-refractivity contribution in [3.8, 4) is 11.3 Å². The Kier molecular flexibility index (Phi) is 4.11. The van der Waals surface area contributed by atoms with Crippen LogP contribution < -0.4 is 5.32 Å². The van der Waals surface area contributed by atoms with Crippen molar-refractivity contribution in [2.24, 2.45) is 7.05 Å². The van der Waals surface area contributed by atoms with E-state index in [0.29, 0.717) is 5.82 Å². The monoisotopic (exact) mass is 261 g/mol. The molecule has 0 saturated heterocycles. The zero-order valence-electron chi connectivity index (χ0n) is 11.7. The molecule has 0 amide bonds. The van der Waals surface area contributed by atoms with E-state index in [1.165, 1.54) is 0 Å². The van der Waals surface area contributed by atoms with Crippen molar-refractivity contribution in [1.82, 2.24) is 19.7 Å². The predicted molar refractivity (Wildman–Crippen MR) is 73.8 cm³/mol. The first kappa shape index (κ1) is 13.5. The van der Waals surface area contributed by atoms with Crippen molar-refractivity contribution in [3.05, 3.63) is 24.3 Å². The van der Waals surface area contributed by atoms with Crippen LogP contribution in [0.2, 0.25) is 0 Å². The van der Waals surface area contributed by atoms with Gasteiger partial charge in [0, 0.05) is 39.0 Å². The molecule has 0 radical (unpaired) electrons. The molecule has 0 fully saturated rings. The Bertz CT molecular complexity index is 548. The third-order valence-corrected chi connectivity index (χ3v) is 2.94. The molecule has 0 aliphatic rings. The summed E-state index contributed by atoms with van der Waals surface area (Å²) in [6.07, 6.45) is 4.46. The minimum absolute atomic E-state index is 0.0938. The zero-order chi connectivity index (χ0) is 13.8. The molecule has 6 heteroatoms. The largest absolute Gasteiger partial charge is 0.373 e. The lowest BCUT2D eigenvalue weighted by molar-refractivity contribution is 0.0928. The molecule has 1 unspecified atom stereocenters. The molecular weight excluding hydrogens is 242 g/mol. The van der Waals surface area contributed by atoms with Gasteiger partial charge in [-0.3, -0.25) is 4.68 Å². The Morgan fingerprint density at radius 2 is 2.21 bits per heavy atom. The average molecular weight is 261 g/mol. The fourth-order valence-corrected chi connectivity index (χ4v) is 1.89. The van der Waals surface area contributed by atoms with Crippen LogP contribution in [0.4, 0.5) is 5.82 Å². The molecule has 2 heterocycles. The van der Waals surface area contributed by atoms with Crippen molar-refractivity contribution >= 4 is 5.82 Å². The first-order valence-electron chi connectivity index (χ1n) is 6.26. The normalized spacial score (nSPS) is 12.4. The molecule has 0 spiro atoms. The summed E-state index contributed by atoms with van der Waals surface area (Å²) in [5, 5.41) is 7.22. The fraction of sp³-hybridized carbons (Fsp3) is 0.462. The third-order valence-electron chi connectivity index (χ3n) is 2.94. The van der Waals surface area contributed by atoms with E-state index in [1.54, 1.807) is 18.0 Å². The van der Waals surface area contributed by atoms with Crippen molar-refractivity contribution in [2.75, 3.05) is 19.5 Å². The Hall–Kier alpha value is -1.95. The van der Waals surface area contributed by atoms with Crippen LogP contribution in [0, 0.1) is 0 Å². The van der Waals surface area contributed by atoms with Gasteiger partial charge >= 0.3 is 0 Å². The molecule has 1 atom stereocenters. The molecule has 1 N–H and O–H groups in total. The molecule has 0 bridgehead atoms. The summed E-state index contributed by atoms with van der Waals surface area (Å²) in [4.78, 5) is 9.03. The summed E-state index contributed by atoms with van der Waals surface area (Å²) < 4.78 is 7.16. The second-order valence-corrected chi connectivity index (χ2v) is 4.28. The van der Waals surface area contributed by atoms with Gasteiger partial charge in [0.1, 0.15) is 11.9 Å². The SMILES string of the molecule is CCC(OC)c1nc(NC)cc(-c2cnn(C)c2)n1. The molecule has 19 heavy (non-hydrogen) atoms. The number of methoxy groups -OCH3 is 1. The minimum Gasteiger partial charge on any atom is -0.373 e. The van der Waals surface area contributed by atoms with E-state index in [-0.39, 0.29) is 6.10 Å². The molecule has 0 aliphatic carbocycles. The first-order valence-corrected chi connectivity index (χ1v) is 6.26. The zero-order valence-corrected chi connectivity index (χ0v) is 11.7. The molecule has 2 aromatic rings. The molecule has 6 nitrogen and oxygen atoms in total. The third kappa shape index (κ3) is 2.90. The number of ether oxygens (including phenoxy) is 1. The predicted octanol–water partition coefficient (Wildman–Crippen LogP) is 2.02. The van der Waals surface area contributed by atoms with E-state index in [9.17, 15) is 0 Å². The highest BCUT2D eigenvalue weighted by Crippen LogP contribution is 2.23. The summed E-state index contributed by atoms with van der Waals surface area (Å²) >= 11 is 0. The maximum Gasteiger partial charge on any atom is 0.160 e. The van der Waals surface area contributed by atoms with Gasteiger partial charge in [0.25, 0.3) is 0 Å². The Labute approximate surface area is 112 Å².